The van der Waals surface area contributed by atoms with Gasteiger partial charge in [-0.3, -0.25) is 9.78 Å². The Morgan fingerprint density at radius 2 is 1.80 bits per heavy atom. The summed E-state index contributed by atoms with van der Waals surface area (Å²) >= 11 is 1.35. The molecule has 1 aromatic carbocycles. The molecule has 156 valence electrons. The molecule has 1 unspecified atom stereocenters. The van der Waals surface area contributed by atoms with E-state index >= 15 is 0 Å². The van der Waals surface area contributed by atoms with E-state index < -0.39 is 17.7 Å². The number of rotatable bonds is 6. The second-order valence-electron chi connectivity index (χ2n) is 7.64. The monoisotopic (exact) mass is 424 g/mol. The first-order valence-electron chi connectivity index (χ1n) is 9.51. The molecule has 7 nitrogen and oxygen atoms in total. The van der Waals surface area contributed by atoms with Gasteiger partial charge in [-0.2, -0.15) is 0 Å². The summed E-state index contributed by atoms with van der Waals surface area (Å²) in [6.45, 7) is 5.32. The quantitative estimate of drug-likeness (QED) is 0.616. The van der Waals surface area contributed by atoms with E-state index in [4.69, 9.17) is 4.74 Å². The van der Waals surface area contributed by atoms with Crippen molar-refractivity contribution in [3.8, 4) is 10.6 Å². The van der Waals surface area contributed by atoms with Crippen LogP contribution in [-0.2, 0) is 16.0 Å². The maximum Gasteiger partial charge on any atom is 0.408 e. The minimum atomic E-state index is -0.797. The van der Waals surface area contributed by atoms with E-state index in [1.165, 1.54) is 11.3 Å². The number of thiazole rings is 1. The number of ether oxygens (including phenoxy) is 1. The van der Waals surface area contributed by atoms with Crippen molar-refractivity contribution in [2.75, 3.05) is 5.32 Å². The van der Waals surface area contributed by atoms with E-state index in [0.29, 0.717) is 11.4 Å². The van der Waals surface area contributed by atoms with Crippen molar-refractivity contribution in [2.24, 2.45) is 0 Å². The van der Waals surface area contributed by atoms with Crippen molar-refractivity contribution in [1.29, 1.82) is 0 Å². The van der Waals surface area contributed by atoms with Crippen LogP contribution in [0.3, 0.4) is 0 Å². The maximum absolute atomic E-state index is 13.0. The molecule has 0 saturated heterocycles. The van der Waals surface area contributed by atoms with Crippen molar-refractivity contribution in [3.63, 3.8) is 0 Å². The van der Waals surface area contributed by atoms with E-state index in [0.717, 1.165) is 16.1 Å². The van der Waals surface area contributed by atoms with Crippen LogP contribution < -0.4 is 10.6 Å². The number of benzene rings is 1. The van der Waals surface area contributed by atoms with E-state index in [1.807, 2.05) is 42.5 Å². The summed E-state index contributed by atoms with van der Waals surface area (Å²) in [5, 5.41) is 6.90. The average molecular weight is 425 g/mol. The van der Waals surface area contributed by atoms with E-state index in [9.17, 15) is 9.59 Å². The second-order valence-corrected chi connectivity index (χ2v) is 8.67. The van der Waals surface area contributed by atoms with Crippen LogP contribution in [0.5, 0.6) is 0 Å². The van der Waals surface area contributed by atoms with Crippen molar-refractivity contribution in [3.05, 3.63) is 66.6 Å². The van der Waals surface area contributed by atoms with Crippen molar-refractivity contribution >= 4 is 28.3 Å². The summed E-state index contributed by atoms with van der Waals surface area (Å²) in [5.41, 5.74) is 1.19. The first-order chi connectivity index (χ1) is 14.3. The molecular formula is C22H24N4O3S. The molecule has 2 heterocycles. The molecule has 30 heavy (non-hydrogen) atoms. The van der Waals surface area contributed by atoms with Gasteiger partial charge < -0.3 is 15.4 Å². The number of aromatic nitrogens is 2. The molecule has 0 saturated carbocycles. The largest absolute Gasteiger partial charge is 0.444 e. The number of hydrogen-bond acceptors (Lipinski definition) is 6. The van der Waals surface area contributed by atoms with Gasteiger partial charge in [0, 0.05) is 24.4 Å². The minimum absolute atomic E-state index is 0.335. The molecule has 0 aliphatic carbocycles. The Labute approximate surface area is 179 Å². The Hall–Kier alpha value is -3.26. The van der Waals surface area contributed by atoms with Crippen LogP contribution in [0.25, 0.3) is 10.6 Å². The third kappa shape index (κ3) is 6.38. The lowest BCUT2D eigenvalue weighted by molar-refractivity contribution is -0.118. The van der Waals surface area contributed by atoms with Crippen LogP contribution in [0.1, 0.15) is 26.3 Å². The van der Waals surface area contributed by atoms with Crippen LogP contribution in [0.4, 0.5) is 9.80 Å². The van der Waals surface area contributed by atoms with E-state index in [1.54, 1.807) is 39.4 Å². The van der Waals surface area contributed by atoms with Gasteiger partial charge in [0.1, 0.15) is 21.7 Å². The highest BCUT2D eigenvalue weighted by Gasteiger charge is 2.25. The summed E-state index contributed by atoms with van der Waals surface area (Å²) in [6.07, 6.45) is 4.68. The van der Waals surface area contributed by atoms with Crippen molar-refractivity contribution < 1.29 is 14.3 Å². The number of alkyl carbamates (subject to hydrolysis) is 1. The molecule has 0 bridgehead atoms. The van der Waals surface area contributed by atoms with Crippen LogP contribution >= 0.6 is 11.3 Å². The number of carbonyl (C=O) groups is 2. The smallest absolute Gasteiger partial charge is 0.408 e. The van der Waals surface area contributed by atoms with E-state index in [2.05, 4.69) is 20.6 Å². The molecule has 3 aromatic rings. The number of hydrogen-bond donors (Lipinski definition) is 2. The summed E-state index contributed by atoms with van der Waals surface area (Å²) in [7, 11) is 0. The highest BCUT2D eigenvalue weighted by atomic mass is 32.1. The minimum Gasteiger partial charge on any atom is -0.444 e. The standard InChI is InChI=1S/C22H24N4O3S/c1-22(2,3)29-21(28)25-17(13-15-7-5-4-6-8-15)19(27)26-18-14-24-20(30-18)16-9-11-23-12-10-16/h4-12,14,17H,13H2,1-3H3,(H,25,28)(H,26,27). The fourth-order valence-corrected chi connectivity index (χ4v) is 3.50. The van der Waals surface area contributed by atoms with Gasteiger partial charge in [0.2, 0.25) is 5.91 Å². The zero-order chi connectivity index (χ0) is 21.6. The number of pyridine rings is 1. The molecule has 0 spiro atoms. The molecule has 3 rings (SSSR count). The fourth-order valence-electron chi connectivity index (χ4n) is 2.68. The van der Waals surface area contributed by atoms with Gasteiger partial charge in [-0.05, 0) is 38.5 Å². The lowest BCUT2D eigenvalue weighted by Crippen LogP contribution is -2.47. The molecule has 2 amide bonds. The molecule has 8 heteroatoms. The van der Waals surface area contributed by atoms with Crippen LogP contribution in [0.15, 0.2) is 61.1 Å². The van der Waals surface area contributed by atoms with E-state index in [-0.39, 0.29) is 5.91 Å². The predicted octanol–water partition coefficient (Wildman–Crippen LogP) is 4.28. The van der Waals surface area contributed by atoms with Crippen molar-refractivity contribution in [1.82, 2.24) is 15.3 Å². The Balaban J connectivity index is 1.72. The summed E-state index contributed by atoms with van der Waals surface area (Å²) in [5.74, 6) is -0.338. The Morgan fingerprint density at radius 1 is 1.10 bits per heavy atom. The fraction of sp³-hybridized carbons (Fsp3) is 0.273. The first kappa shape index (κ1) is 21.4. The number of anilines is 1. The van der Waals surface area contributed by atoms with Gasteiger partial charge in [0.25, 0.3) is 0 Å². The van der Waals surface area contributed by atoms with Gasteiger partial charge in [0.15, 0.2) is 0 Å². The molecule has 2 aromatic heterocycles. The molecule has 0 aliphatic heterocycles. The number of nitrogens with zero attached hydrogens (tertiary/aromatic N) is 2. The van der Waals surface area contributed by atoms with Crippen LogP contribution in [-0.4, -0.2) is 33.6 Å². The van der Waals surface area contributed by atoms with Crippen molar-refractivity contribution in [2.45, 2.75) is 38.8 Å². The van der Waals surface area contributed by atoms with Crippen LogP contribution in [0, 0.1) is 0 Å². The Kier molecular flexibility index (Phi) is 6.79. The van der Waals surface area contributed by atoms with Gasteiger partial charge in [-0.25, -0.2) is 9.78 Å². The predicted molar refractivity (Wildman–Crippen MR) is 117 cm³/mol. The summed E-state index contributed by atoms with van der Waals surface area (Å²) < 4.78 is 5.32. The SMILES string of the molecule is CC(C)(C)OC(=O)NC(Cc1ccccc1)C(=O)Nc1cnc(-c2ccncc2)s1. The molecule has 0 radical (unpaired) electrons. The molecule has 2 N–H and O–H groups in total. The molecule has 1 atom stereocenters. The topological polar surface area (TPSA) is 93.2 Å². The van der Waals surface area contributed by atoms with Gasteiger partial charge in [0.05, 0.1) is 6.20 Å². The third-order valence-corrected chi connectivity index (χ3v) is 4.93. The lowest BCUT2D eigenvalue weighted by atomic mass is 10.1. The normalized spacial score (nSPS) is 12.1. The van der Waals surface area contributed by atoms with Crippen LogP contribution in [0.2, 0.25) is 0 Å². The highest BCUT2D eigenvalue weighted by Crippen LogP contribution is 2.28. The lowest BCUT2D eigenvalue weighted by Gasteiger charge is -2.23. The zero-order valence-corrected chi connectivity index (χ0v) is 17.9. The number of carbonyl (C=O) groups excluding carboxylic acids is 2. The van der Waals surface area contributed by atoms with Gasteiger partial charge >= 0.3 is 6.09 Å². The highest BCUT2D eigenvalue weighted by molar-refractivity contribution is 7.19. The molecule has 0 aliphatic rings. The number of nitrogens with one attached hydrogen (secondary N) is 2. The maximum atomic E-state index is 13.0. The zero-order valence-electron chi connectivity index (χ0n) is 17.1. The second kappa shape index (κ2) is 9.49. The third-order valence-electron chi connectivity index (χ3n) is 3.97. The molecular weight excluding hydrogens is 400 g/mol. The summed E-state index contributed by atoms with van der Waals surface area (Å²) in [4.78, 5) is 33.6. The summed E-state index contributed by atoms with van der Waals surface area (Å²) in [6, 6.07) is 12.4. The Morgan fingerprint density at radius 3 is 2.47 bits per heavy atom. The number of amides is 2. The van der Waals surface area contributed by atoms with Gasteiger partial charge in [-0.1, -0.05) is 41.7 Å². The molecule has 0 fully saturated rings. The first-order valence-corrected chi connectivity index (χ1v) is 10.3. The van der Waals surface area contributed by atoms with Gasteiger partial charge in [-0.15, -0.1) is 0 Å². The Bertz CT molecular complexity index is 984. The average Bonchev–Trinajstić information content (AvgIpc) is 3.16.